The maximum atomic E-state index is 14.9. The first-order chi connectivity index (χ1) is 17.8. The molecule has 5 nitrogen and oxygen atoms in total. The number of fused-ring (bicyclic) bond motifs is 2. The van der Waals surface area contributed by atoms with Crippen LogP contribution in [0.4, 0.5) is 19.0 Å². The summed E-state index contributed by atoms with van der Waals surface area (Å²) in [7, 11) is 0. The molecule has 4 saturated carbocycles. The number of halogens is 3. The number of pyridine rings is 2. The smallest absolute Gasteiger partial charge is 0.201 e. The van der Waals surface area contributed by atoms with Crippen molar-refractivity contribution in [3.05, 3.63) is 63.9 Å². The van der Waals surface area contributed by atoms with Crippen molar-refractivity contribution in [2.75, 3.05) is 18.5 Å². The zero-order valence-electron chi connectivity index (χ0n) is 20.6. The van der Waals surface area contributed by atoms with Gasteiger partial charge >= 0.3 is 0 Å². The molecular formula is C29H30F3N3O2. The molecule has 4 aliphatic rings. The highest BCUT2D eigenvalue weighted by molar-refractivity contribution is 5.99. The highest BCUT2D eigenvalue weighted by atomic mass is 19.1. The number of benzene rings is 1. The van der Waals surface area contributed by atoms with Crippen LogP contribution in [0.25, 0.3) is 16.7 Å². The number of hydrogen-bond donors (Lipinski definition) is 1. The van der Waals surface area contributed by atoms with Gasteiger partial charge < -0.3 is 5.32 Å². The van der Waals surface area contributed by atoms with E-state index in [9.17, 15) is 22.8 Å². The fourth-order valence-corrected chi connectivity index (χ4v) is 7.50. The maximum absolute atomic E-state index is 14.9. The summed E-state index contributed by atoms with van der Waals surface area (Å²) in [6.45, 7) is -0.591. The van der Waals surface area contributed by atoms with Crippen molar-refractivity contribution < 1.29 is 18.0 Å². The predicted octanol–water partition coefficient (Wildman–Crippen LogP) is 6.22. The van der Waals surface area contributed by atoms with Crippen molar-refractivity contribution in [1.29, 1.82) is 0 Å². The molecule has 3 aromatic rings. The number of anilines is 1. The lowest BCUT2D eigenvalue weighted by molar-refractivity contribution is 0.0530. The Bertz CT molecular complexity index is 1420. The lowest BCUT2D eigenvalue weighted by Gasteiger charge is -2.45. The van der Waals surface area contributed by atoms with E-state index in [0.29, 0.717) is 24.1 Å². The fourth-order valence-electron chi connectivity index (χ4n) is 7.50. The Morgan fingerprint density at radius 3 is 2.57 bits per heavy atom. The van der Waals surface area contributed by atoms with E-state index >= 15 is 0 Å². The van der Waals surface area contributed by atoms with E-state index in [-0.39, 0.29) is 40.0 Å². The van der Waals surface area contributed by atoms with Gasteiger partial charge in [-0.25, -0.2) is 18.2 Å². The van der Waals surface area contributed by atoms with Gasteiger partial charge in [-0.15, -0.1) is 0 Å². The summed E-state index contributed by atoms with van der Waals surface area (Å²) in [6, 6.07) is 6.20. The number of Topliss-reactive ketones (excluding diaryl/α,β-unsaturated/α-hetero) is 1. The fraction of sp³-hybridized carbons (Fsp3) is 0.483. The quantitative estimate of drug-likeness (QED) is 0.384. The standard InChI is InChI=1S/C29H30F3N3O2/c30-7-8-33-26-4-2-21-27(37)22(16-35(28(21)34-26)24-3-1-20(31)12-23(24)32)25(36)15-29-6-5-17-9-18(13-29)11-19(10-17)14-29/h1-4,12,16-19H,5-11,13-15H2,(H,33,34). The lowest BCUT2D eigenvalue weighted by Crippen LogP contribution is -2.36. The van der Waals surface area contributed by atoms with Gasteiger partial charge in [0.1, 0.15) is 24.1 Å². The number of ketones is 1. The van der Waals surface area contributed by atoms with Gasteiger partial charge in [0, 0.05) is 25.2 Å². The van der Waals surface area contributed by atoms with E-state index in [0.717, 1.165) is 43.7 Å². The second-order valence-corrected chi connectivity index (χ2v) is 11.4. The Morgan fingerprint density at radius 1 is 1.08 bits per heavy atom. The minimum atomic E-state index is -0.843. The van der Waals surface area contributed by atoms with E-state index in [2.05, 4.69) is 10.3 Å². The molecule has 4 fully saturated rings. The summed E-state index contributed by atoms with van der Waals surface area (Å²) >= 11 is 0. The number of aromatic nitrogens is 2. The SMILES string of the molecule is O=C(CC12CCC3CC(CC(C3)C1)C2)c1cn(-c2ccc(F)cc2F)c2nc(NCCF)ccc2c1=O. The molecule has 8 heteroatoms. The number of hydrogen-bond acceptors (Lipinski definition) is 4. The van der Waals surface area contributed by atoms with E-state index < -0.39 is 23.7 Å². The number of carbonyl (C=O) groups excluding carboxylic acids is 1. The van der Waals surface area contributed by atoms with Gasteiger partial charge in [-0.3, -0.25) is 14.2 Å². The van der Waals surface area contributed by atoms with Crippen LogP contribution >= 0.6 is 0 Å². The lowest BCUT2D eigenvalue weighted by atomic mass is 9.60. The number of rotatable bonds is 7. The molecule has 0 amide bonds. The Balaban J connectivity index is 1.44. The minimum absolute atomic E-state index is 0.00409. The monoisotopic (exact) mass is 509 g/mol. The Kier molecular flexibility index (Phi) is 6.08. The van der Waals surface area contributed by atoms with Crippen LogP contribution < -0.4 is 10.7 Å². The van der Waals surface area contributed by atoms with Crippen LogP contribution in [-0.2, 0) is 0 Å². The molecule has 7 rings (SSSR count). The molecule has 2 atom stereocenters. The van der Waals surface area contributed by atoms with E-state index in [1.165, 1.54) is 42.2 Å². The molecule has 2 aromatic heterocycles. The van der Waals surface area contributed by atoms with E-state index in [1.54, 1.807) is 6.07 Å². The Morgan fingerprint density at radius 2 is 1.84 bits per heavy atom. The van der Waals surface area contributed by atoms with Gasteiger partial charge in [-0.2, -0.15) is 0 Å². The summed E-state index contributed by atoms with van der Waals surface area (Å²) in [4.78, 5) is 31.8. The summed E-state index contributed by atoms with van der Waals surface area (Å²) in [5.74, 6) is 0.576. The van der Waals surface area contributed by atoms with Crippen LogP contribution in [0.3, 0.4) is 0 Å². The maximum Gasteiger partial charge on any atom is 0.201 e. The molecule has 2 heterocycles. The first kappa shape index (κ1) is 24.2. The number of nitrogens with one attached hydrogen (secondary N) is 1. The molecule has 0 saturated heterocycles. The third kappa shape index (κ3) is 4.44. The number of alkyl halides is 1. The molecule has 4 bridgehead atoms. The van der Waals surface area contributed by atoms with E-state index in [1.807, 2.05) is 0 Å². The first-order valence-corrected chi connectivity index (χ1v) is 13.2. The van der Waals surface area contributed by atoms with Crippen molar-refractivity contribution in [3.8, 4) is 5.69 Å². The van der Waals surface area contributed by atoms with Crippen molar-refractivity contribution in [3.63, 3.8) is 0 Å². The number of nitrogens with zero attached hydrogens (tertiary/aromatic N) is 2. The summed E-state index contributed by atoms with van der Waals surface area (Å²) in [5, 5.41) is 2.97. The molecular weight excluding hydrogens is 479 g/mol. The zero-order chi connectivity index (χ0) is 25.7. The van der Waals surface area contributed by atoms with Crippen LogP contribution in [0.5, 0.6) is 0 Å². The third-order valence-corrected chi connectivity index (χ3v) is 8.78. The van der Waals surface area contributed by atoms with Crippen LogP contribution in [0.2, 0.25) is 0 Å². The second-order valence-electron chi connectivity index (χ2n) is 11.4. The van der Waals surface area contributed by atoms with Gasteiger partial charge in [-0.1, -0.05) is 0 Å². The third-order valence-electron chi connectivity index (χ3n) is 8.78. The van der Waals surface area contributed by atoms with Crippen molar-refractivity contribution in [2.24, 2.45) is 23.2 Å². The Hall–Kier alpha value is -3.16. The van der Waals surface area contributed by atoms with E-state index in [4.69, 9.17) is 0 Å². The predicted molar refractivity (Wildman–Crippen MR) is 136 cm³/mol. The largest absolute Gasteiger partial charge is 0.367 e. The highest BCUT2D eigenvalue weighted by Gasteiger charge is 2.48. The molecule has 0 spiro atoms. The minimum Gasteiger partial charge on any atom is -0.367 e. The van der Waals surface area contributed by atoms with Crippen LogP contribution in [-0.4, -0.2) is 28.6 Å². The summed E-state index contributed by atoms with van der Waals surface area (Å²) in [5.41, 5.74) is -0.453. The van der Waals surface area contributed by atoms with Gasteiger partial charge in [0.2, 0.25) is 5.43 Å². The average Bonchev–Trinajstić information content (AvgIpc) is 3.06. The van der Waals surface area contributed by atoms with Crippen molar-refractivity contribution in [1.82, 2.24) is 9.55 Å². The molecule has 0 aliphatic heterocycles. The van der Waals surface area contributed by atoms with Crippen LogP contribution in [0.15, 0.2) is 41.3 Å². The van der Waals surface area contributed by atoms with Gasteiger partial charge in [0.15, 0.2) is 11.4 Å². The highest BCUT2D eigenvalue weighted by Crippen LogP contribution is 2.58. The number of carbonyl (C=O) groups is 1. The topological polar surface area (TPSA) is 64.0 Å². The second kappa shape index (κ2) is 9.30. The first-order valence-electron chi connectivity index (χ1n) is 13.2. The van der Waals surface area contributed by atoms with Crippen molar-refractivity contribution >= 4 is 22.6 Å². The molecule has 2 unspecified atom stereocenters. The molecule has 0 radical (unpaired) electrons. The Labute approximate surface area is 213 Å². The van der Waals surface area contributed by atoms with Gasteiger partial charge in [-0.05, 0) is 92.4 Å². The normalized spacial score (nSPS) is 26.4. The summed E-state index contributed by atoms with van der Waals surface area (Å²) in [6.07, 6.45) is 9.64. The molecule has 37 heavy (non-hydrogen) atoms. The molecule has 1 aromatic carbocycles. The molecule has 1 N–H and O–H groups in total. The van der Waals surface area contributed by atoms with Gasteiger partial charge in [0.25, 0.3) is 0 Å². The molecule has 4 aliphatic carbocycles. The summed E-state index contributed by atoms with van der Waals surface area (Å²) < 4.78 is 42.6. The average molecular weight is 510 g/mol. The zero-order valence-corrected chi connectivity index (χ0v) is 20.6. The van der Waals surface area contributed by atoms with Crippen LogP contribution in [0.1, 0.15) is 61.7 Å². The molecule has 194 valence electrons. The van der Waals surface area contributed by atoms with Gasteiger partial charge in [0.05, 0.1) is 16.6 Å². The van der Waals surface area contributed by atoms with Crippen LogP contribution in [0, 0.1) is 34.8 Å². The van der Waals surface area contributed by atoms with Crippen molar-refractivity contribution in [2.45, 2.75) is 51.4 Å².